The summed E-state index contributed by atoms with van der Waals surface area (Å²) in [6, 6.07) is 57.1. The normalized spacial score (nSPS) is 12.5. The maximum absolute atomic E-state index is 6.61. The van der Waals surface area contributed by atoms with Crippen LogP contribution in [0.1, 0.15) is 60.1 Å². The van der Waals surface area contributed by atoms with Gasteiger partial charge in [-0.2, -0.15) is 0 Å². The van der Waals surface area contributed by atoms with Crippen molar-refractivity contribution in [1.29, 1.82) is 0 Å². The lowest BCUT2D eigenvalue weighted by molar-refractivity contribution is 0.559. The fourth-order valence-electron chi connectivity index (χ4n) is 7.83. The zero-order valence-corrected chi connectivity index (χ0v) is 29.3. The van der Waals surface area contributed by atoms with E-state index in [0.717, 1.165) is 34.3 Å². The van der Waals surface area contributed by atoms with Gasteiger partial charge in [-0.1, -0.05) is 147 Å². The van der Waals surface area contributed by atoms with Crippen LogP contribution in [-0.2, 0) is 13.0 Å². The molecule has 2 N–H and O–H groups in total. The molecule has 1 aromatic heterocycles. The van der Waals surface area contributed by atoms with Gasteiger partial charge in [-0.15, -0.1) is 0 Å². The van der Waals surface area contributed by atoms with E-state index in [1.807, 2.05) is 0 Å². The second-order valence-electron chi connectivity index (χ2n) is 13.6. The molecule has 0 bridgehead atoms. The summed E-state index contributed by atoms with van der Waals surface area (Å²) in [5, 5.41) is 6.10. The topological polar surface area (TPSA) is 30.9 Å². The summed E-state index contributed by atoms with van der Waals surface area (Å²) < 4.78 is 2.32. The second kappa shape index (κ2) is 14.2. The molecule has 0 amide bonds. The molecule has 0 spiro atoms. The van der Waals surface area contributed by atoms with E-state index in [0.29, 0.717) is 24.8 Å². The van der Waals surface area contributed by atoms with Gasteiger partial charge in [0.15, 0.2) is 0 Å². The fraction of sp³-hybridized carbons (Fsp3) is 0.143. The highest BCUT2D eigenvalue weighted by molar-refractivity contribution is 5.94. The first-order chi connectivity index (χ1) is 25.1. The second-order valence-corrected chi connectivity index (χ2v) is 13.6. The van der Waals surface area contributed by atoms with Gasteiger partial charge >= 0.3 is 0 Å². The lowest BCUT2D eigenvalue weighted by Gasteiger charge is -2.24. The molecule has 248 valence electrons. The zero-order chi connectivity index (χ0) is 34.7. The predicted molar refractivity (Wildman–Crippen MR) is 217 cm³/mol. The Bertz CT molecular complexity index is 2540. The first-order valence-corrected chi connectivity index (χ1v) is 18.1. The van der Waals surface area contributed by atoms with Crippen LogP contribution in [0.4, 0.5) is 0 Å². The molecule has 7 aromatic carbocycles. The van der Waals surface area contributed by atoms with Crippen molar-refractivity contribution in [3.8, 4) is 28.7 Å². The number of hydrogen-bond acceptors (Lipinski definition) is 1. The largest absolute Gasteiger partial charge is 0.326 e. The number of nitrogens with two attached hydrogens (primary N) is 1. The van der Waals surface area contributed by atoms with Crippen molar-refractivity contribution in [2.45, 2.75) is 45.1 Å². The third kappa shape index (κ3) is 6.34. The summed E-state index contributed by atoms with van der Waals surface area (Å²) in [5.41, 5.74) is 17.2. The number of fused-ring (bicyclic) bond motifs is 3. The van der Waals surface area contributed by atoms with Crippen LogP contribution in [0.25, 0.3) is 49.3 Å². The summed E-state index contributed by atoms with van der Waals surface area (Å²) in [5.74, 6) is 8.01. The minimum Gasteiger partial charge on any atom is -0.326 e. The van der Waals surface area contributed by atoms with Gasteiger partial charge < -0.3 is 10.3 Å². The standard InChI is InChI=1S/C49H42N2/c1-3-45(34(2)36-13-5-4-6-14-36)39-24-27-44(28-25-39)51-48(19-11-12-35-20-21-37-15-7-9-17-40(37)30-35)47(33-50)46-32-43(26-29-49(46)51)42-23-22-38-16-8-10-18-41(38)31-42/h4-10,13-18,20-32,34,45H,3,12,33,50H2,1-2H3. The average molecular weight is 659 g/mol. The van der Waals surface area contributed by atoms with Crippen LogP contribution in [-0.4, -0.2) is 4.57 Å². The van der Waals surface area contributed by atoms with Crippen molar-refractivity contribution >= 4 is 32.4 Å². The lowest BCUT2D eigenvalue weighted by Crippen LogP contribution is -2.08. The number of aromatic nitrogens is 1. The molecule has 1 heterocycles. The van der Waals surface area contributed by atoms with Crippen LogP contribution in [0.5, 0.6) is 0 Å². The number of benzene rings is 7. The van der Waals surface area contributed by atoms with E-state index in [9.17, 15) is 0 Å². The van der Waals surface area contributed by atoms with Crippen molar-refractivity contribution in [3.63, 3.8) is 0 Å². The third-order valence-electron chi connectivity index (χ3n) is 10.6. The molecular formula is C49H42N2. The Kier molecular flexibility index (Phi) is 8.98. The van der Waals surface area contributed by atoms with E-state index in [2.05, 4.69) is 188 Å². The quantitative estimate of drug-likeness (QED) is 0.162. The smallest absolute Gasteiger partial charge is 0.102 e. The predicted octanol–water partition coefficient (Wildman–Crippen LogP) is 12.0. The molecule has 2 unspecified atom stereocenters. The molecule has 0 aliphatic carbocycles. The summed E-state index contributed by atoms with van der Waals surface area (Å²) in [7, 11) is 0. The van der Waals surface area contributed by atoms with E-state index in [1.165, 1.54) is 49.4 Å². The monoisotopic (exact) mass is 658 g/mol. The number of rotatable bonds is 8. The number of hydrogen-bond donors (Lipinski definition) is 1. The molecule has 2 heteroatoms. The molecule has 8 rings (SSSR count). The Morgan fingerprint density at radius 1 is 0.608 bits per heavy atom. The maximum atomic E-state index is 6.61. The highest BCUT2D eigenvalue weighted by Gasteiger charge is 2.21. The maximum Gasteiger partial charge on any atom is 0.102 e. The Morgan fingerprint density at radius 3 is 1.94 bits per heavy atom. The van der Waals surface area contributed by atoms with E-state index < -0.39 is 0 Å². The Hall–Kier alpha value is -5.88. The Morgan fingerprint density at radius 2 is 1.24 bits per heavy atom. The summed E-state index contributed by atoms with van der Waals surface area (Å²) in [6.07, 6.45) is 1.73. The SMILES string of the molecule is CCC(c1ccc(-n2c(C#CCc3ccc4ccccc4c3)c(CN)c3cc(-c4ccc5ccccc5c4)ccc32)cc1)C(C)c1ccccc1. The molecule has 2 nitrogen and oxygen atoms in total. The van der Waals surface area contributed by atoms with Crippen LogP contribution in [0, 0.1) is 11.8 Å². The van der Waals surface area contributed by atoms with Crippen molar-refractivity contribution in [1.82, 2.24) is 4.57 Å². The minimum absolute atomic E-state index is 0.398. The molecule has 0 aliphatic heterocycles. The summed E-state index contributed by atoms with van der Waals surface area (Å²) >= 11 is 0. The van der Waals surface area contributed by atoms with Crippen molar-refractivity contribution in [2.24, 2.45) is 5.73 Å². The van der Waals surface area contributed by atoms with E-state index >= 15 is 0 Å². The van der Waals surface area contributed by atoms with Gasteiger partial charge in [0.1, 0.15) is 5.69 Å². The average Bonchev–Trinajstić information content (AvgIpc) is 3.50. The van der Waals surface area contributed by atoms with Gasteiger partial charge in [-0.25, -0.2) is 0 Å². The number of nitrogens with zero attached hydrogens (tertiary/aromatic N) is 1. The van der Waals surface area contributed by atoms with Crippen LogP contribution in [0.3, 0.4) is 0 Å². The molecule has 8 aromatic rings. The van der Waals surface area contributed by atoms with Gasteiger partial charge in [0.05, 0.1) is 5.52 Å². The molecule has 0 aliphatic rings. The summed E-state index contributed by atoms with van der Waals surface area (Å²) in [4.78, 5) is 0. The molecule has 51 heavy (non-hydrogen) atoms. The lowest BCUT2D eigenvalue weighted by atomic mass is 9.81. The van der Waals surface area contributed by atoms with Crippen LogP contribution in [0.15, 0.2) is 158 Å². The first-order valence-electron chi connectivity index (χ1n) is 18.1. The highest BCUT2D eigenvalue weighted by Crippen LogP contribution is 2.37. The third-order valence-corrected chi connectivity index (χ3v) is 10.6. The van der Waals surface area contributed by atoms with Crippen LogP contribution >= 0.6 is 0 Å². The fourth-order valence-corrected chi connectivity index (χ4v) is 7.83. The van der Waals surface area contributed by atoms with E-state index in [1.54, 1.807) is 0 Å². The molecular weight excluding hydrogens is 617 g/mol. The van der Waals surface area contributed by atoms with E-state index in [4.69, 9.17) is 5.73 Å². The molecule has 0 saturated carbocycles. The van der Waals surface area contributed by atoms with Gasteiger partial charge in [0, 0.05) is 29.6 Å². The van der Waals surface area contributed by atoms with Gasteiger partial charge in [-0.05, 0) is 104 Å². The van der Waals surface area contributed by atoms with Crippen molar-refractivity contribution < 1.29 is 0 Å². The van der Waals surface area contributed by atoms with Crippen LogP contribution < -0.4 is 5.73 Å². The Labute approximate surface area is 301 Å². The molecule has 0 saturated heterocycles. The van der Waals surface area contributed by atoms with Gasteiger partial charge in [0.2, 0.25) is 0 Å². The highest BCUT2D eigenvalue weighted by atomic mass is 15.0. The van der Waals surface area contributed by atoms with E-state index in [-0.39, 0.29) is 0 Å². The molecule has 2 atom stereocenters. The minimum atomic E-state index is 0.398. The van der Waals surface area contributed by atoms with Crippen LogP contribution in [0.2, 0.25) is 0 Å². The molecule has 0 radical (unpaired) electrons. The van der Waals surface area contributed by atoms with Gasteiger partial charge in [0.25, 0.3) is 0 Å². The summed E-state index contributed by atoms with van der Waals surface area (Å²) in [6.45, 7) is 5.04. The first kappa shape index (κ1) is 32.3. The van der Waals surface area contributed by atoms with Crippen molar-refractivity contribution in [2.75, 3.05) is 0 Å². The van der Waals surface area contributed by atoms with Crippen molar-refractivity contribution in [3.05, 3.63) is 186 Å². The molecule has 0 fully saturated rings. The van der Waals surface area contributed by atoms with Gasteiger partial charge in [-0.3, -0.25) is 0 Å². The zero-order valence-electron chi connectivity index (χ0n) is 29.3. The Balaban J connectivity index is 1.22.